The van der Waals surface area contributed by atoms with Gasteiger partial charge in [0.15, 0.2) is 6.61 Å². The number of ketones is 1. The number of nitro groups is 1. The number of Topliss-reactive ketones (excluding diaryl/α,β-unsaturated/α-hetero) is 1. The molecule has 150 valence electrons. The van der Waals surface area contributed by atoms with Crippen molar-refractivity contribution in [3.8, 4) is 0 Å². The SMILES string of the molecule is COCCNc1ccc([N+](=O)[O-])cc1C(=O)OCC(=O)c1cc(C)n(C)c1C. The summed E-state index contributed by atoms with van der Waals surface area (Å²) in [7, 11) is 3.38. The minimum Gasteiger partial charge on any atom is -0.454 e. The monoisotopic (exact) mass is 389 g/mol. The van der Waals surface area contributed by atoms with Crippen LogP contribution in [0.1, 0.15) is 32.1 Å². The second-order valence-electron chi connectivity index (χ2n) is 6.25. The topological polar surface area (TPSA) is 113 Å². The molecule has 28 heavy (non-hydrogen) atoms. The third kappa shape index (κ3) is 4.74. The number of anilines is 1. The van der Waals surface area contributed by atoms with Gasteiger partial charge < -0.3 is 19.4 Å². The van der Waals surface area contributed by atoms with Crippen LogP contribution in [0.2, 0.25) is 0 Å². The largest absolute Gasteiger partial charge is 0.454 e. The van der Waals surface area contributed by atoms with E-state index < -0.39 is 17.5 Å². The first-order valence-electron chi connectivity index (χ1n) is 8.60. The van der Waals surface area contributed by atoms with Gasteiger partial charge in [-0.05, 0) is 26.0 Å². The maximum atomic E-state index is 12.5. The lowest BCUT2D eigenvalue weighted by Gasteiger charge is -2.11. The van der Waals surface area contributed by atoms with Crippen LogP contribution in [-0.2, 0) is 16.5 Å². The summed E-state index contributed by atoms with van der Waals surface area (Å²) in [6, 6.07) is 5.57. The lowest BCUT2D eigenvalue weighted by Crippen LogP contribution is -2.17. The van der Waals surface area contributed by atoms with Gasteiger partial charge in [-0.15, -0.1) is 0 Å². The number of nitrogens with zero attached hydrogens (tertiary/aromatic N) is 2. The minimum atomic E-state index is -0.817. The lowest BCUT2D eigenvalue weighted by atomic mass is 10.1. The maximum Gasteiger partial charge on any atom is 0.340 e. The first-order valence-corrected chi connectivity index (χ1v) is 8.60. The Balaban J connectivity index is 2.17. The van der Waals surface area contributed by atoms with E-state index in [0.717, 1.165) is 17.5 Å². The van der Waals surface area contributed by atoms with E-state index in [1.807, 2.05) is 18.5 Å². The first kappa shape index (κ1) is 21.1. The number of hydrogen-bond acceptors (Lipinski definition) is 7. The lowest BCUT2D eigenvalue weighted by molar-refractivity contribution is -0.384. The van der Waals surface area contributed by atoms with E-state index >= 15 is 0 Å². The van der Waals surface area contributed by atoms with Crippen LogP contribution in [-0.4, -0.2) is 48.1 Å². The number of carbonyl (C=O) groups is 2. The summed E-state index contributed by atoms with van der Waals surface area (Å²) in [4.78, 5) is 35.3. The fourth-order valence-electron chi connectivity index (χ4n) is 2.68. The Labute approximate surface area is 162 Å². The molecule has 2 aromatic rings. The second kappa shape index (κ2) is 9.14. The van der Waals surface area contributed by atoms with Gasteiger partial charge in [-0.3, -0.25) is 14.9 Å². The van der Waals surface area contributed by atoms with Crippen molar-refractivity contribution in [2.75, 3.05) is 32.2 Å². The zero-order valence-corrected chi connectivity index (χ0v) is 16.3. The molecule has 1 aromatic carbocycles. The second-order valence-corrected chi connectivity index (χ2v) is 6.25. The van der Waals surface area contributed by atoms with E-state index in [9.17, 15) is 19.7 Å². The van der Waals surface area contributed by atoms with Crippen LogP contribution in [0.3, 0.4) is 0 Å². The molecule has 0 saturated heterocycles. The Kier molecular flexibility index (Phi) is 6.89. The Morgan fingerprint density at radius 1 is 1.21 bits per heavy atom. The van der Waals surface area contributed by atoms with Crippen molar-refractivity contribution < 1.29 is 24.0 Å². The number of carbonyl (C=O) groups excluding carboxylic acids is 2. The van der Waals surface area contributed by atoms with Crippen LogP contribution < -0.4 is 5.32 Å². The molecule has 0 amide bonds. The predicted molar refractivity (Wildman–Crippen MR) is 103 cm³/mol. The summed E-state index contributed by atoms with van der Waals surface area (Å²) in [6.45, 7) is 4.01. The fourth-order valence-corrected chi connectivity index (χ4v) is 2.68. The third-order valence-electron chi connectivity index (χ3n) is 4.47. The Morgan fingerprint density at radius 3 is 2.50 bits per heavy atom. The molecule has 1 heterocycles. The molecule has 0 unspecified atom stereocenters. The Morgan fingerprint density at radius 2 is 1.93 bits per heavy atom. The third-order valence-corrected chi connectivity index (χ3v) is 4.47. The van der Waals surface area contributed by atoms with Crippen molar-refractivity contribution in [2.45, 2.75) is 13.8 Å². The summed E-state index contributed by atoms with van der Waals surface area (Å²) in [6.07, 6.45) is 0. The molecule has 0 bridgehead atoms. The van der Waals surface area contributed by atoms with Gasteiger partial charge in [0.1, 0.15) is 0 Å². The molecular weight excluding hydrogens is 366 g/mol. The molecule has 0 fully saturated rings. The Bertz CT molecular complexity index is 903. The smallest absolute Gasteiger partial charge is 0.340 e. The molecule has 0 aliphatic heterocycles. The van der Waals surface area contributed by atoms with Crippen LogP contribution in [0.5, 0.6) is 0 Å². The zero-order chi connectivity index (χ0) is 20.8. The molecule has 9 nitrogen and oxygen atoms in total. The normalized spacial score (nSPS) is 10.6. The van der Waals surface area contributed by atoms with Gasteiger partial charge in [-0.25, -0.2) is 4.79 Å². The average Bonchev–Trinajstić information content (AvgIpc) is 2.93. The number of aryl methyl sites for hydroxylation is 1. The molecule has 0 saturated carbocycles. The number of esters is 1. The van der Waals surface area contributed by atoms with Crippen LogP contribution in [0.15, 0.2) is 24.3 Å². The summed E-state index contributed by atoms with van der Waals surface area (Å²) in [5.74, 6) is -1.16. The van der Waals surface area contributed by atoms with Gasteiger partial charge >= 0.3 is 5.97 Å². The van der Waals surface area contributed by atoms with E-state index in [2.05, 4.69) is 5.32 Å². The van der Waals surface area contributed by atoms with Gasteiger partial charge in [0.05, 0.1) is 17.1 Å². The zero-order valence-electron chi connectivity index (χ0n) is 16.3. The number of hydrogen-bond donors (Lipinski definition) is 1. The quantitative estimate of drug-likeness (QED) is 0.231. The van der Waals surface area contributed by atoms with E-state index in [4.69, 9.17) is 9.47 Å². The Hall–Kier alpha value is -3.20. The van der Waals surface area contributed by atoms with Crippen molar-refractivity contribution in [1.29, 1.82) is 0 Å². The molecule has 0 atom stereocenters. The molecular formula is C19H23N3O6. The molecule has 1 aromatic heterocycles. The first-order chi connectivity index (χ1) is 13.3. The van der Waals surface area contributed by atoms with Crippen LogP contribution in [0.25, 0.3) is 0 Å². The standard InChI is InChI=1S/C19H23N3O6/c1-12-9-15(13(2)21(12)3)18(23)11-28-19(24)16-10-14(22(25)26)5-6-17(16)20-7-8-27-4/h5-6,9-10,20H,7-8,11H2,1-4H3. The highest BCUT2D eigenvalue weighted by Gasteiger charge is 2.21. The molecule has 0 radical (unpaired) electrons. The number of nitro benzene ring substituents is 1. The number of rotatable bonds is 9. The molecule has 1 N–H and O–H groups in total. The highest BCUT2D eigenvalue weighted by molar-refractivity contribution is 6.02. The van der Waals surface area contributed by atoms with E-state index in [0.29, 0.717) is 24.4 Å². The van der Waals surface area contributed by atoms with Crippen molar-refractivity contribution in [2.24, 2.45) is 7.05 Å². The van der Waals surface area contributed by atoms with Crippen molar-refractivity contribution in [3.05, 3.63) is 56.9 Å². The summed E-state index contributed by atoms with van der Waals surface area (Å²) in [5.41, 5.74) is 2.27. The highest BCUT2D eigenvalue weighted by atomic mass is 16.6. The minimum absolute atomic E-state index is 0.0148. The van der Waals surface area contributed by atoms with Crippen molar-refractivity contribution >= 4 is 23.1 Å². The van der Waals surface area contributed by atoms with Crippen molar-refractivity contribution in [3.63, 3.8) is 0 Å². The average molecular weight is 389 g/mol. The van der Waals surface area contributed by atoms with Gasteiger partial charge in [0, 0.05) is 55.5 Å². The van der Waals surface area contributed by atoms with Crippen LogP contribution in [0.4, 0.5) is 11.4 Å². The van der Waals surface area contributed by atoms with Gasteiger partial charge in [-0.2, -0.15) is 0 Å². The van der Waals surface area contributed by atoms with Crippen LogP contribution >= 0.6 is 0 Å². The van der Waals surface area contributed by atoms with Gasteiger partial charge in [-0.1, -0.05) is 0 Å². The number of aromatic nitrogens is 1. The van der Waals surface area contributed by atoms with Gasteiger partial charge in [0.2, 0.25) is 5.78 Å². The van der Waals surface area contributed by atoms with Crippen LogP contribution in [0, 0.1) is 24.0 Å². The maximum absolute atomic E-state index is 12.5. The summed E-state index contributed by atoms with van der Waals surface area (Å²) in [5, 5.41) is 14.0. The van der Waals surface area contributed by atoms with E-state index in [-0.39, 0.29) is 17.0 Å². The predicted octanol–water partition coefficient (Wildman–Crippen LogP) is 2.65. The van der Waals surface area contributed by atoms with E-state index in [1.54, 1.807) is 13.0 Å². The number of nitrogens with one attached hydrogen (secondary N) is 1. The number of non-ortho nitro benzene ring substituents is 1. The number of ether oxygens (including phenoxy) is 2. The van der Waals surface area contributed by atoms with Gasteiger partial charge in [0.25, 0.3) is 5.69 Å². The molecule has 0 aliphatic carbocycles. The van der Waals surface area contributed by atoms with E-state index in [1.165, 1.54) is 19.2 Å². The fraction of sp³-hybridized carbons (Fsp3) is 0.368. The summed E-state index contributed by atoms with van der Waals surface area (Å²) >= 11 is 0. The molecule has 9 heteroatoms. The number of benzene rings is 1. The highest BCUT2D eigenvalue weighted by Crippen LogP contribution is 2.23. The molecule has 0 aliphatic rings. The molecule has 0 spiro atoms. The summed E-state index contributed by atoms with van der Waals surface area (Å²) < 4.78 is 12.0. The van der Waals surface area contributed by atoms with Crippen molar-refractivity contribution in [1.82, 2.24) is 4.57 Å². The number of methoxy groups -OCH3 is 1. The molecule has 2 rings (SSSR count).